The number of unbranched alkanes of at least 4 members (excludes halogenated alkanes) is 1. The highest BCUT2D eigenvalue weighted by Gasteiger charge is 2.21. The minimum atomic E-state index is -0.176. The fourth-order valence-electron chi connectivity index (χ4n) is 3.87. The molecule has 23 heavy (non-hydrogen) atoms. The smallest absolute Gasteiger partial charge is 0.123 e. The van der Waals surface area contributed by atoms with Gasteiger partial charge < -0.3 is 0 Å². The van der Waals surface area contributed by atoms with Gasteiger partial charge in [-0.25, -0.2) is 4.39 Å². The van der Waals surface area contributed by atoms with Gasteiger partial charge in [0.15, 0.2) is 0 Å². The van der Waals surface area contributed by atoms with Crippen LogP contribution in [0.25, 0.3) is 11.1 Å². The predicted octanol–water partition coefficient (Wildman–Crippen LogP) is 6.96. The maximum absolute atomic E-state index is 13.0. The van der Waals surface area contributed by atoms with E-state index in [1.54, 1.807) is 0 Å². The van der Waals surface area contributed by atoms with E-state index in [2.05, 4.69) is 31.2 Å². The zero-order chi connectivity index (χ0) is 16.1. The summed E-state index contributed by atoms with van der Waals surface area (Å²) in [4.78, 5) is 0. The molecule has 0 N–H and O–H groups in total. The molecule has 0 amide bonds. The van der Waals surface area contributed by atoms with Gasteiger partial charge in [-0.2, -0.15) is 0 Å². The van der Waals surface area contributed by atoms with E-state index < -0.39 is 0 Å². The molecule has 0 aromatic heterocycles. The standard InChI is InChI=1S/C22H27F/c1-2-3-4-17-5-7-18(8-6-17)19-9-11-20(12-10-19)21-13-15-22(23)16-14-21/h9-18H,2-8H2,1H3. The molecule has 1 aliphatic rings. The topological polar surface area (TPSA) is 0 Å². The summed E-state index contributed by atoms with van der Waals surface area (Å²) in [7, 11) is 0. The molecule has 1 fully saturated rings. The maximum atomic E-state index is 13.0. The molecule has 0 spiro atoms. The fourth-order valence-corrected chi connectivity index (χ4v) is 3.87. The predicted molar refractivity (Wildman–Crippen MR) is 96.1 cm³/mol. The van der Waals surface area contributed by atoms with E-state index in [0.29, 0.717) is 0 Å². The lowest BCUT2D eigenvalue weighted by Gasteiger charge is -2.29. The number of benzene rings is 2. The van der Waals surface area contributed by atoms with Gasteiger partial charge in [-0.15, -0.1) is 0 Å². The van der Waals surface area contributed by atoms with Crippen LogP contribution in [-0.2, 0) is 0 Å². The lowest BCUT2D eigenvalue weighted by atomic mass is 9.77. The monoisotopic (exact) mass is 310 g/mol. The van der Waals surface area contributed by atoms with Crippen molar-refractivity contribution in [2.75, 3.05) is 0 Å². The second-order valence-electron chi connectivity index (χ2n) is 6.99. The van der Waals surface area contributed by atoms with Crippen molar-refractivity contribution in [3.05, 3.63) is 59.9 Å². The van der Waals surface area contributed by atoms with E-state index in [-0.39, 0.29) is 5.82 Å². The van der Waals surface area contributed by atoms with Gasteiger partial charge in [-0.05, 0) is 66.3 Å². The molecule has 0 nitrogen and oxygen atoms in total. The largest absolute Gasteiger partial charge is 0.207 e. The van der Waals surface area contributed by atoms with Crippen molar-refractivity contribution in [2.45, 2.75) is 57.8 Å². The van der Waals surface area contributed by atoms with Crippen LogP contribution in [0.15, 0.2) is 48.5 Å². The number of hydrogen-bond acceptors (Lipinski definition) is 0. The molecule has 0 unspecified atom stereocenters. The first-order chi connectivity index (χ1) is 11.3. The van der Waals surface area contributed by atoms with Gasteiger partial charge in [0.05, 0.1) is 0 Å². The van der Waals surface area contributed by atoms with E-state index in [1.807, 2.05) is 12.1 Å². The number of halogens is 1. The van der Waals surface area contributed by atoms with E-state index >= 15 is 0 Å². The first kappa shape index (κ1) is 16.2. The first-order valence-corrected chi connectivity index (χ1v) is 9.12. The van der Waals surface area contributed by atoms with Gasteiger partial charge >= 0.3 is 0 Å². The highest BCUT2D eigenvalue weighted by Crippen LogP contribution is 2.38. The zero-order valence-corrected chi connectivity index (χ0v) is 14.1. The van der Waals surface area contributed by atoms with Crippen LogP contribution < -0.4 is 0 Å². The van der Waals surface area contributed by atoms with Crippen molar-refractivity contribution in [3.63, 3.8) is 0 Å². The molecule has 1 saturated carbocycles. The van der Waals surface area contributed by atoms with Crippen molar-refractivity contribution >= 4 is 0 Å². The number of hydrogen-bond donors (Lipinski definition) is 0. The molecular weight excluding hydrogens is 283 g/mol. The lowest BCUT2D eigenvalue weighted by molar-refractivity contribution is 0.304. The Hall–Kier alpha value is -1.63. The molecule has 0 aliphatic heterocycles. The lowest BCUT2D eigenvalue weighted by Crippen LogP contribution is -2.13. The summed E-state index contributed by atoms with van der Waals surface area (Å²) in [6.45, 7) is 2.29. The third-order valence-corrected chi connectivity index (χ3v) is 5.37. The summed E-state index contributed by atoms with van der Waals surface area (Å²) in [6, 6.07) is 15.7. The van der Waals surface area contributed by atoms with Crippen LogP contribution in [0.2, 0.25) is 0 Å². The summed E-state index contributed by atoms with van der Waals surface area (Å²) in [5.74, 6) is 1.52. The Balaban J connectivity index is 1.61. The molecule has 2 aromatic rings. The summed E-state index contributed by atoms with van der Waals surface area (Å²) < 4.78 is 13.0. The molecule has 0 heterocycles. The van der Waals surface area contributed by atoms with E-state index in [9.17, 15) is 4.39 Å². The third kappa shape index (κ3) is 4.22. The first-order valence-electron chi connectivity index (χ1n) is 9.12. The van der Waals surface area contributed by atoms with Gasteiger partial charge in [0, 0.05) is 0 Å². The average Bonchev–Trinajstić information content (AvgIpc) is 2.61. The molecule has 0 radical (unpaired) electrons. The maximum Gasteiger partial charge on any atom is 0.123 e. The van der Waals surface area contributed by atoms with Gasteiger partial charge in [0.1, 0.15) is 5.82 Å². The molecular formula is C22H27F. The van der Waals surface area contributed by atoms with Crippen molar-refractivity contribution in [1.29, 1.82) is 0 Å². The molecule has 0 bridgehead atoms. The fraction of sp³-hybridized carbons (Fsp3) is 0.455. The Bertz CT molecular complexity index is 589. The molecule has 1 aliphatic carbocycles. The Labute approximate surface area is 139 Å². The minimum Gasteiger partial charge on any atom is -0.207 e. The second-order valence-corrected chi connectivity index (χ2v) is 6.99. The molecule has 0 saturated heterocycles. The van der Waals surface area contributed by atoms with Crippen LogP contribution >= 0.6 is 0 Å². The summed E-state index contributed by atoms with van der Waals surface area (Å²) >= 11 is 0. The summed E-state index contributed by atoms with van der Waals surface area (Å²) in [5.41, 5.74) is 3.73. The van der Waals surface area contributed by atoms with Crippen molar-refractivity contribution in [2.24, 2.45) is 5.92 Å². The van der Waals surface area contributed by atoms with Crippen molar-refractivity contribution < 1.29 is 4.39 Å². The third-order valence-electron chi connectivity index (χ3n) is 5.37. The average molecular weight is 310 g/mol. The van der Waals surface area contributed by atoms with Crippen LogP contribution in [0.5, 0.6) is 0 Å². The van der Waals surface area contributed by atoms with Crippen LogP contribution in [0, 0.1) is 11.7 Å². The minimum absolute atomic E-state index is 0.176. The normalized spacial score (nSPS) is 21.3. The Morgan fingerprint density at radius 1 is 0.826 bits per heavy atom. The highest BCUT2D eigenvalue weighted by molar-refractivity contribution is 5.63. The zero-order valence-electron chi connectivity index (χ0n) is 14.1. The van der Waals surface area contributed by atoms with Crippen molar-refractivity contribution in [3.8, 4) is 11.1 Å². The summed E-state index contributed by atoms with van der Waals surface area (Å²) in [6.07, 6.45) is 9.60. The number of rotatable bonds is 5. The quantitative estimate of drug-likeness (QED) is 0.560. The van der Waals surface area contributed by atoms with Gasteiger partial charge in [0.25, 0.3) is 0 Å². The van der Waals surface area contributed by atoms with Gasteiger partial charge in [0.2, 0.25) is 0 Å². The van der Waals surface area contributed by atoms with Crippen molar-refractivity contribution in [1.82, 2.24) is 0 Å². The van der Waals surface area contributed by atoms with E-state index in [0.717, 1.165) is 17.4 Å². The van der Waals surface area contributed by atoms with Crippen LogP contribution in [-0.4, -0.2) is 0 Å². The Morgan fingerprint density at radius 2 is 1.39 bits per heavy atom. The second kappa shape index (κ2) is 7.77. The molecule has 1 heteroatoms. The SMILES string of the molecule is CCCCC1CCC(c2ccc(-c3ccc(F)cc3)cc2)CC1. The molecule has 122 valence electrons. The Morgan fingerprint density at radius 3 is 1.96 bits per heavy atom. The van der Waals surface area contributed by atoms with Crippen LogP contribution in [0.1, 0.15) is 63.4 Å². The van der Waals surface area contributed by atoms with Gasteiger partial charge in [-0.1, -0.05) is 62.6 Å². The Kier molecular flexibility index (Phi) is 5.48. The van der Waals surface area contributed by atoms with Crippen LogP contribution in [0.4, 0.5) is 4.39 Å². The van der Waals surface area contributed by atoms with Crippen LogP contribution in [0.3, 0.4) is 0 Å². The van der Waals surface area contributed by atoms with E-state index in [1.165, 1.54) is 68.2 Å². The van der Waals surface area contributed by atoms with E-state index in [4.69, 9.17) is 0 Å². The molecule has 0 atom stereocenters. The molecule has 2 aromatic carbocycles. The van der Waals surface area contributed by atoms with Gasteiger partial charge in [-0.3, -0.25) is 0 Å². The summed E-state index contributed by atoms with van der Waals surface area (Å²) in [5, 5.41) is 0. The molecule has 3 rings (SSSR count). The highest BCUT2D eigenvalue weighted by atomic mass is 19.1.